The lowest BCUT2D eigenvalue weighted by Crippen LogP contribution is -2.33. The van der Waals surface area contributed by atoms with Crippen molar-refractivity contribution in [3.8, 4) is 0 Å². The normalized spacial score (nSPS) is 11.1. The molecule has 0 aromatic heterocycles. The minimum absolute atomic E-state index is 0.0219. The summed E-state index contributed by atoms with van der Waals surface area (Å²) in [6.07, 6.45) is -1.59. The van der Waals surface area contributed by atoms with Crippen LogP contribution in [0.4, 0.5) is 9.59 Å². The lowest BCUT2D eigenvalue weighted by atomic mass is 10.3. The average molecular weight is 521 g/mol. The van der Waals surface area contributed by atoms with Crippen molar-refractivity contribution in [3.05, 3.63) is 24.3 Å². The highest BCUT2D eigenvalue weighted by Gasteiger charge is 2.14. The topological polar surface area (TPSA) is 148 Å². The number of carbonyl (C=O) groups excluding carboxylic acids is 4. The number of thiol groups is 1. The van der Waals surface area contributed by atoms with E-state index in [4.69, 9.17) is 28.4 Å². The van der Waals surface area contributed by atoms with Crippen LogP contribution in [0, 0.1) is 0 Å². The second kappa shape index (κ2) is 20.6. The van der Waals surface area contributed by atoms with Crippen LogP contribution in [0.5, 0.6) is 0 Å². The highest BCUT2D eigenvalue weighted by Crippen LogP contribution is 2.02. The number of hydrogen-bond donors (Lipinski definition) is 3. The Morgan fingerprint density at radius 3 is 1.66 bits per heavy atom. The first-order valence-electron chi connectivity index (χ1n) is 10.9. The van der Waals surface area contributed by atoms with Gasteiger partial charge in [0.25, 0.3) is 0 Å². The third-order valence-electron chi connectivity index (χ3n) is 3.80. The molecule has 0 saturated heterocycles. The first-order valence-corrected chi connectivity index (χ1v) is 11.6. The lowest BCUT2D eigenvalue weighted by Gasteiger charge is -2.16. The zero-order valence-corrected chi connectivity index (χ0v) is 21.2. The maximum Gasteiger partial charge on any atom is 0.407 e. The molecule has 0 rings (SSSR count). The molecule has 35 heavy (non-hydrogen) atoms. The number of alkyl carbamates (subject to hydrolysis) is 2. The van der Waals surface area contributed by atoms with Gasteiger partial charge in [0, 0.05) is 36.4 Å². The highest BCUT2D eigenvalue weighted by molar-refractivity contribution is 7.80. The second-order valence-corrected chi connectivity index (χ2v) is 7.41. The Balaban J connectivity index is 3.73. The van der Waals surface area contributed by atoms with Crippen molar-refractivity contribution in [3.63, 3.8) is 0 Å². The van der Waals surface area contributed by atoms with Crippen LogP contribution in [-0.4, -0.2) is 95.3 Å². The smallest absolute Gasteiger partial charge is 0.407 e. The zero-order valence-electron chi connectivity index (χ0n) is 20.3. The Morgan fingerprint density at radius 1 is 0.714 bits per heavy atom. The van der Waals surface area contributed by atoms with E-state index in [2.05, 4.69) is 36.4 Å². The maximum absolute atomic E-state index is 11.8. The van der Waals surface area contributed by atoms with Crippen LogP contribution in [0.2, 0.25) is 0 Å². The first kappa shape index (κ1) is 32.2. The summed E-state index contributed by atoms with van der Waals surface area (Å²) >= 11 is 4.13. The Bertz CT molecular complexity index is 702. The molecule has 1 atom stereocenters. The van der Waals surface area contributed by atoms with Crippen LogP contribution in [0.25, 0.3) is 0 Å². The Morgan fingerprint density at radius 2 is 1.20 bits per heavy atom. The quantitative estimate of drug-likeness (QED) is 0.0750. The van der Waals surface area contributed by atoms with E-state index in [1.807, 2.05) is 0 Å². The standard InChI is InChI=1S/C22H36N2O10S/c1-16(2)19(25)31-13-11-29-9-6-23-21(27)33-8-5-18(15-35)34-22(28)24-7-10-30-12-14-32-20(26)17(3)4/h18,35H,1,3,5-15H2,2,4H3,(H,23,27)(H,24,28). The van der Waals surface area contributed by atoms with Crippen molar-refractivity contribution in [1.29, 1.82) is 0 Å². The van der Waals surface area contributed by atoms with Crippen molar-refractivity contribution < 1.29 is 47.6 Å². The van der Waals surface area contributed by atoms with Crippen LogP contribution in [0.1, 0.15) is 20.3 Å². The van der Waals surface area contributed by atoms with E-state index in [9.17, 15) is 19.2 Å². The minimum atomic E-state index is -0.656. The van der Waals surface area contributed by atoms with Crippen molar-refractivity contribution in [1.82, 2.24) is 10.6 Å². The first-order chi connectivity index (χ1) is 16.7. The number of carbonyl (C=O) groups is 4. The highest BCUT2D eigenvalue weighted by atomic mass is 32.1. The van der Waals surface area contributed by atoms with E-state index in [0.29, 0.717) is 11.1 Å². The van der Waals surface area contributed by atoms with Crippen LogP contribution in [0.3, 0.4) is 0 Å². The summed E-state index contributed by atoms with van der Waals surface area (Å²) < 4.78 is 30.4. The van der Waals surface area contributed by atoms with Gasteiger partial charge >= 0.3 is 24.1 Å². The molecule has 0 radical (unpaired) electrons. The van der Waals surface area contributed by atoms with Crippen molar-refractivity contribution >= 4 is 36.8 Å². The fourth-order valence-electron chi connectivity index (χ4n) is 2.00. The molecule has 2 N–H and O–H groups in total. The van der Waals surface area contributed by atoms with E-state index < -0.39 is 30.2 Å². The number of esters is 2. The molecule has 2 amide bonds. The van der Waals surface area contributed by atoms with E-state index >= 15 is 0 Å². The SMILES string of the molecule is C=C(C)C(=O)OCCOCCNC(=O)OCCC(CS)OC(=O)NCCOCCOC(=O)C(=C)C. The molecule has 13 heteroatoms. The van der Waals surface area contributed by atoms with Gasteiger partial charge in [0.1, 0.15) is 19.3 Å². The molecule has 0 heterocycles. The van der Waals surface area contributed by atoms with Gasteiger partial charge in [-0.2, -0.15) is 12.6 Å². The maximum atomic E-state index is 11.8. The van der Waals surface area contributed by atoms with Crippen molar-refractivity contribution in [2.24, 2.45) is 0 Å². The molecule has 0 bridgehead atoms. The van der Waals surface area contributed by atoms with Crippen LogP contribution in [0.15, 0.2) is 24.3 Å². The fourth-order valence-corrected chi connectivity index (χ4v) is 2.26. The van der Waals surface area contributed by atoms with E-state index in [1.165, 1.54) is 0 Å². The van der Waals surface area contributed by atoms with Gasteiger partial charge in [0.15, 0.2) is 0 Å². The van der Waals surface area contributed by atoms with Gasteiger partial charge < -0.3 is 39.1 Å². The summed E-state index contributed by atoms with van der Waals surface area (Å²) in [6, 6.07) is 0. The van der Waals surface area contributed by atoms with Gasteiger partial charge in [0.2, 0.25) is 0 Å². The molecule has 0 aromatic carbocycles. The summed E-state index contributed by atoms with van der Waals surface area (Å²) in [6.45, 7) is 11.4. The third kappa shape index (κ3) is 19.3. The van der Waals surface area contributed by atoms with Crippen LogP contribution >= 0.6 is 12.6 Å². The molecule has 1 unspecified atom stereocenters. The Hall–Kier alpha value is -2.77. The van der Waals surface area contributed by atoms with Crippen LogP contribution in [-0.2, 0) is 38.0 Å². The molecular formula is C22H36N2O10S. The van der Waals surface area contributed by atoms with E-state index in [-0.39, 0.29) is 71.5 Å². The molecule has 0 aromatic rings. The fraction of sp³-hybridized carbons (Fsp3) is 0.636. The number of ether oxygens (including phenoxy) is 6. The molecule has 0 fully saturated rings. The van der Waals surface area contributed by atoms with Gasteiger partial charge in [-0.1, -0.05) is 13.2 Å². The number of nitrogens with one attached hydrogen (secondary N) is 2. The molecule has 12 nitrogen and oxygen atoms in total. The Labute approximate surface area is 211 Å². The lowest BCUT2D eigenvalue weighted by molar-refractivity contribution is -0.141. The largest absolute Gasteiger partial charge is 0.460 e. The van der Waals surface area contributed by atoms with E-state index in [0.717, 1.165) is 0 Å². The van der Waals surface area contributed by atoms with Gasteiger partial charge in [-0.15, -0.1) is 0 Å². The summed E-state index contributed by atoms with van der Waals surface area (Å²) in [5.74, 6) is -0.729. The van der Waals surface area contributed by atoms with E-state index in [1.54, 1.807) is 13.8 Å². The van der Waals surface area contributed by atoms with Crippen molar-refractivity contribution in [2.75, 3.05) is 65.1 Å². The summed E-state index contributed by atoms with van der Waals surface area (Å²) in [4.78, 5) is 45.8. The summed E-state index contributed by atoms with van der Waals surface area (Å²) in [5.41, 5.74) is 0.615. The molecule has 0 spiro atoms. The minimum Gasteiger partial charge on any atom is -0.460 e. The third-order valence-corrected chi connectivity index (χ3v) is 4.21. The predicted molar refractivity (Wildman–Crippen MR) is 129 cm³/mol. The number of amides is 2. The number of hydrogen-bond acceptors (Lipinski definition) is 11. The monoisotopic (exact) mass is 520 g/mol. The van der Waals surface area contributed by atoms with Gasteiger partial charge in [-0.25, -0.2) is 19.2 Å². The average Bonchev–Trinajstić information content (AvgIpc) is 2.81. The molecule has 0 aliphatic carbocycles. The predicted octanol–water partition coefficient (Wildman–Crippen LogP) is 1.40. The van der Waals surface area contributed by atoms with Gasteiger partial charge in [0.05, 0.1) is 33.0 Å². The van der Waals surface area contributed by atoms with Gasteiger partial charge in [-0.05, 0) is 13.8 Å². The summed E-state index contributed by atoms with van der Waals surface area (Å²) in [5, 5.41) is 5.02. The van der Waals surface area contributed by atoms with Crippen molar-refractivity contribution in [2.45, 2.75) is 26.4 Å². The molecular weight excluding hydrogens is 484 g/mol. The molecule has 0 aliphatic heterocycles. The molecule has 0 saturated carbocycles. The van der Waals surface area contributed by atoms with Gasteiger partial charge in [-0.3, -0.25) is 0 Å². The van der Waals surface area contributed by atoms with Crippen LogP contribution < -0.4 is 10.6 Å². The zero-order chi connectivity index (χ0) is 26.5. The molecule has 200 valence electrons. The summed E-state index contributed by atoms with van der Waals surface area (Å²) in [7, 11) is 0. The number of rotatable bonds is 19. The molecule has 0 aliphatic rings. The second-order valence-electron chi connectivity index (χ2n) is 7.05. The Kier molecular flexibility index (Phi) is 19.0.